The summed E-state index contributed by atoms with van der Waals surface area (Å²) in [5, 5.41) is 4.40. The Balaban J connectivity index is 1.40. The summed E-state index contributed by atoms with van der Waals surface area (Å²) in [5.41, 5.74) is 2.73. The SMILES string of the molecule is O=C(Cn1cnc2ccccc2c1=O)Nc1ccccc1-c1cn2c(n1)SCC2. The molecule has 2 aromatic heterocycles. The first-order valence-electron chi connectivity index (χ1n) is 9.22. The monoisotopic (exact) mass is 403 g/mol. The van der Waals surface area contributed by atoms with E-state index >= 15 is 0 Å². The number of hydrogen-bond donors (Lipinski definition) is 1. The van der Waals surface area contributed by atoms with Crippen molar-refractivity contribution in [2.75, 3.05) is 11.1 Å². The van der Waals surface area contributed by atoms with E-state index in [2.05, 4.69) is 19.9 Å². The Kier molecular flexibility index (Phi) is 4.40. The van der Waals surface area contributed by atoms with Crippen molar-refractivity contribution in [3.8, 4) is 11.3 Å². The average molecular weight is 403 g/mol. The molecule has 0 saturated heterocycles. The van der Waals surface area contributed by atoms with Crippen LogP contribution < -0.4 is 10.9 Å². The van der Waals surface area contributed by atoms with Gasteiger partial charge in [0.25, 0.3) is 5.56 Å². The van der Waals surface area contributed by atoms with Gasteiger partial charge in [-0.3, -0.25) is 14.2 Å². The Hall–Kier alpha value is -3.39. The quantitative estimate of drug-likeness (QED) is 0.566. The maximum absolute atomic E-state index is 12.7. The molecule has 4 aromatic rings. The molecule has 0 unspecified atom stereocenters. The van der Waals surface area contributed by atoms with Gasteiger partial charge in [-0.15, -0.1) is 0 Å². The fourth-order valence-corrected chi connectivity index (χ4v) is 4.36. The van der Waals surface area contributed by atoms with E-state index in [4.69, 9.17) is 0 Å². The molecule has 1 aliphatic rings. The van der Waals surface area contributed by atoms with Crippen LogP contribution in [-0.2, 0) is 17.9 Å². The molecule has 8 heteroatoms. The van der Waals surface area contributed by atoms with Crippen LogP contribution in [0.4, 0.5) is 5.69 Å². The first kappa shape index (κ1) is 17.7. The third kappa shape index (κ3) is 3.31. The Morgan fingerprint density at radius 3 is 2.86 bits per heavy atom. The fraction of sp³-hybridized carbons (Fsp3) is 0.143. The number of anilines is 1. The lowest BCUT2D eigenvalue weighted by Crippen LogP contribution is -2.28. The van der Waals surface area contributed by atoms with Crippen molar-refractivity contribution in [3.63, 3.8) is 0 Å². The summed E-state index contributed by atoms with van der Waals surface area (Å²) in [4.78, 5) is 34.2. The molecule has 0 saturated carbocycles. The van der Waals surface area contributed by atoms with Gasteiger partial charge in [-0.05, 0) is 18.2 Å². The van der Waals surface area contributed by atoms with E-state index in [-0.39, 0.29) is 18.0 Å². The second kappa shape index (κ2) is 7.21. The number of nitrogens with one attached hydrogen (secondary N) is 1. The molecule has 0 fully saturated rings. The van der Waals surface area contributed by atoms with Gasteiger partial charge in [0.15, 0.2) is 5.16 Å². The number of thioether (sulfide) groups is 1. The summed E-state index contributed by atoms with van der Waals surface area (Å²) in [6.07, 6.45) is 3.42. The molecule has 1 amide bonds. The van der Waals surface area contributed by atoms with Crippen molar-refractivity contribution in [3.05, 3.63) is 71.4 Å². The van der Waals surface area contributed by atoms with Gasteiger partial charge in [-0.25, -0.2) is 9.97 Å². The van der Waals surface area contributed by atoms with Crippen LogP contribution in [0.5, 0.6) is 0 Å². The van der Waals surface area contributed by atoms with Crippen LogP contribution in [0.1, 0.15) is 0 Å². The molecular formula is C21H17N5O2S. The molecule has 1 aliphatic heterocycles. The summed E-state index contributed by atoms with van der Waals surface area (Å²) < 4.78 is 3.45. The van der Waals surface area contributed by atoms with Crippen molar-refractivity contribution in [1.29, 1.82) is 0 Å². The highest BCUT2D eigenvalue weighted by molar-refractivity contribution is 7.99. The number of hydrogen-bond acceptors (Lipinski definition) is 5. The fourth-order valence-electron chi connectivity index (χ4n) is 3.42. The molecule has 2 aromatic carbocycles. The molecule has 144 valence electrons. The van der Waals surface area contributed by atoms with Crippen molar-refractivity contribution < 1.29 is 4.79 Å². The maximum atomic E-state index is 12.7. The van der Waals surface area contributed by atoms with E-state index in [1.807, 2.05) is 36.5 Å². The highest BCUT2D eigenvalue weighted by atomic mass is 32.2. The number of rotatable bonds is 4. The number of para-hydroxylation sites is 2. The highest BCUT2D eigenvalue weighted by Gasteiger charge is 2.18. The van der Waals surface area contributed by atoms with Crippen molar-refractivity contribution in [1.82, 2.24) is 19.1 Å². The average Bonchev–Trinajstić information content (AvgIpc) is 3.33. The Morgan fingerprint density at radius 2 is 1.97 bits per heavy atom. The summed E-state index contributed by atoms with van der Waals surface area (Å²) in [7, 11) is 0. The van der Waals surface area contributed by atoms with Gasteiger partial charge in [0.1, 0.15) is 6.54 Å². The summed E-state index contributed by atoms with van der Waals surface area (Å²) in [6.45, 7) is 0.833. The Morgan fingerprint density at radius 1 is 1.14 bits per heavy atom. The van der Waals surface area contributed by atoms with Crippen LogP contribution in [0.3, 0.4) is 0 Å². The Bertz CT molecular complexity index is 1270. The van der Waals surface area contributed by atoms with Gasteiger partial charge in [0.2, 0.25) is 5.91 Å². The van der Waals surface area contributed by atoms with E-state index < -0.39 is 0 Å². The molecular weight excluding hydrogens is 386 g/mol. The van der Waals surface area contributed by atoms with Gasteiger partial charge in [0.05, 0.1) is 28.6 Å². The van der Waals surface area contributed by atoms with Crippen molar-refractivity contribution in [2.45, 2.75) is 18.2 Å². The lowest BCUT2D eigenvalue weighted by molar-refractivity contribution is -0.116. The first-order valence-corrected chi connectivity index (χ1v) is 10.2. The van der Waals surface area contributed by atoms with E-state index in [0.29, 0.717) is 16.6 Å². The predicted octanol–water partition coefficient (Wildman–Crippen LogP) is 3.00. The largest absolute Gasteiger partial charge is 0.325 e. The smallest absolute Gasteiger partial charge is 0.261 e. The third-order valence-electron chi connectivity index (χ3n) is 4.83. The zero-order valence-corrected chi connectivity index (χ0v) is 16.2. The molecule has 0 bridgehead atoms. The molecule has 0 aliphatic carbocycles. The van der Waals surface area contributed by atoms with Crippen LogP contribution >= 0.6 is 11.8 Å². The van der Waals surface area contributed by atoms with Crippen molar-refractivity contribution >= 4 is 34.3 Å². The van der Waals surface area contributed by atoms with Gasteiger partial charge in [-0.1, -0.05) is 42.1 Å². The zero-order chi connectivity index (χ0) is 19.8. The van der Waals surface area contributed by atoms with Gasteiger partial charge in [-0.2, -0.15) is 0 Å². The number of benzene rings is 2. The number of fused-ring (bicyclic) bond motifs is 2. The number of aromatic nitrogens is 4. The molecule has 1 N–H and O–H groups in total. The van der Waals surface area contributed by atoms with Crippen molar-refractivity contribution in [2.24, 2.45) is 0 Å². The second-order valence-electron chi connectivity index (χ2n) is 6.74. The number of aryl methyl sites for hydroxylation is 1. The molecule has 0 atom stereocenters. The Labute approximate surface area is 170 Å². The lowest BCUT2D eigenvalue weighted by Gasteiger charge is -2.11. The summed E-state index contributed by atoms with van der Waals surface area (Å²) in [6, 6.07) is 14.7. The predicted molar refractivity (Wildman–Crippen MR) is 113 cm³/mol. The maximum Gasteiger partial charge on any atom is 0.261 e. The molecule has 0 radical (unpaired) electrons. The first-order chi connectivity index (χ1) is 14.2. The molecule has 5 rings (SSSR count). The van der Waals surface area contributed by atoms with Gasteiger partial charge >= 0.3 is 0 Å². The molecule has 3 heterocycles. The minimum Gasteiger partial charge on any atom is -0.325 e. The number of imidazole rings is 1. The second-order valence-corrected chi connectivity index (χ2v) is 7.80. The van der Waals surface area contributed by atoms with E-state index in [9.17, 15) is 9.59 Å². The van der Waals surface area contributed by atoms with Gasteiger partial charge in [0, 0.05) is 24.1 Å². The number of carbonyl (C=O) groups excluding carboxylic acids is 1. The van der Waals surface area contributed by atoms with E-state index in [1.54, 1.807) is 30.0 Å². The summed E-state index contributed by atoms with van der Waals surface area (Å²) >= 11 is 1.73. The molecule has 0 spiro atoms. The minimum absolute atomic E-state index is 0.111. The van der Waals surface area contributed by atoms with Crippen LogP contribution in [0, 0.1) is 0 Å². The molecule has 7 nitrogen and oxygen atoms in total. The lowest BCUT2D eigenvalue weighted by atomic mass is 10.1. The van der Waals surface area contributed by atoms with E-state index in [0.717, 1.165) is 28.7 Å². The number of carbonyl (C=O) groups is 1. The highest BCUT2D eigenvalue weighted by Crippen LogP contribution is 2.32. The van der Waals surface area contributed by atoms with Crippen LogP contribution in [0.2, 0.25) is 0 Å². The van der Waals surface area contributed by atoms with E-state index in [1.165, 1.54) is 10.9 Å². The topological polar surface area (TPSA) is 81.8 Å². The minimum atomic E-state index is -0.294. The zero-order valence-electron chi connectivity index (χ0n) is 15.4. The van der Waals surface area contributed by atoms with Crippen LogP contribution in [0.25, 0.3) is 22.2 Å². The van der Waals surface area contributed by atoms with Gasteiger partial charge < -0.3 is 9.88 Å². The number of amides is 1. The van der Waals surface area contributed by atoms with Crippen LogP contribution in [0.15, 0.2) is 71.0 Å². The van der Waals surface area contributed by atoms with Crippen LogP contribution in [-0.4, -0.2) is 30.8 Å². The standard InChI is InChI=1S/C21H17N5O2S/c27-19(12-26-13-22-16-7-3-2-6-15(16)20(26)28)23-17-8-4-1-5-14(17)18-11-25-9-10-29-21(25)24-18/h1-8,11,13H,9-10,12H2,(H,23,27). The molecule has 29 heavy (non-hydrogen) atoms. The summed E-state index contributed by atoms with van der Waals surface area (Å²) in [5.74, 6) is 0.743. The third-order valence-corrected chi connectivity index (χ3v) is 5.80. The normalized spacial score (nSPS) is 12.8. The number of nitrogens with zero attached hydrogens (tertiary/aromatic N) is 4.